The van der Waals surface area contributed by atoms with Gasteiger partial charge in [0.15, 0.2) is 0 Å². The van der Waals surface area contributed by atoms with E-state index in [0.717, 1.165) is 19.4 Å². The second-order valence-corrected chi connectivity index (χ2v) is 3.94. The number of hydrogen-bond donors (Lipinski definition) is 0. The highest BCUT2D eigenvalue weighted by Crippen LogP contribution is 2.11. The summed E-state index contributed by atoms with van der Waals surface area (Å²) in [6.45, 7) is 5.60. The molecule has 4 heteroatoms. The van der Waals surface area contributed by atoms with Gasteiger partial charge in [-0.15, -0.1) is 0 Å². The monoisotopic (exact) mass is 225 g/mol. The lowest BCUT2D eigenvalue weighted by Gasteiger charge is -2.13. The van der Waals surface area contributed by atoms with Crippen molar-refractivity contribution in [2.24, 2.45) is 0 Å². The molecule has 1 aliphatic rings. The molecule has 0 aliphatic carbocycles. The molecule has 1 rings (SSSR count). The van der Waals surface area contributed by atoms with Crippen LogP contribution in [0.4, 0.5) is 0 Å². The van der Waals surface area contributed by atoms with Crippen LogP contribution in [0.3, 0.4) is 0 Å². The molecule has 0 bridgehead atoms. The first-order valence-corrected chi connectivity index (χ1v) is 5.78. The topological polar surface area (TPSA) is 46.6 Å². The van der Waals surface area contributed by atoms with Crippen LogP contribution in [0.1, 0.15) is 33.1 Å². The Hall–Kier alpha value is -1.16. The Balaban J connectivity index is 2.15. The van der Waals surface area contributed by atoms with Crippen molar-refractivity contribution in [1.29, 1.82) is 0 Å². The number of amides is 2. The van der Waals surface area contributed by atoms with Crippen LogP contribution in [-0.4, -0.2) is 36.5 Å². The van der Waals surface area contributed by atoms with Crippen molar-refractivity contribution in [2.45, 2.75) is 33.1 Å². The summed E-state index contributed by atoms with van der Waals surface area (Å²) in [7, 11) is 0. The molecular formula is C12H19NO3. The summed E-state index contributed by atoms with van der Waals surface area (Å²) in [5.74, 6) is -0.366. The van der Waals surface area contributed by atoms with Crippen molar-refractivity contribution < 1.29 is 14.3 Å². The van der Waals surface area contributed by atoms with Gasteiger partial charge in [-0.3, -0.25) is 14.5 Å². The number of rotatable bonds is 7. The Morgan fingerprint density at radius 3 is 2.50 bits per heavy atom. The second-order valence-electron chi connectivity index (χ2n) is 3.94. The molecular weight excluding hydrogens is 206 g/mol. The third-order valence-electron chi connectivity index (χ3n) is 2.50. The fourth-order valence-electron chi connectivity index (χ4n) is 1.52. The molecule has 0 atom stereocenters. The van der Waals surface area contributed by atoms with Gasteiger partial charge in [-0.25, -0.2) is 0 Å². The minimum Gasteiger partial charge on any atom is -0.381 e. The summed E-state index contributed by atoms with van der Waals surface area (Å²) < 4.78 is 5.36. The SMILES string of the molecule is CCCCOCCCN1C(=O)C=C(C)C1=O. The maximum atomic E-state index is 11.5. The Labute approximate surface area is 96.3 Å². The standard InChI is InChI=1S/C12H19NO3/c1-3-4-7-16-8-5-6-13-11(14)9-10(2)12(13)15/h9H,3-8H2,1-2H3. The van der Waals surface area contributed by atoms with Crippen LogP contribution in [0.15, 0.2) is 11.6 Å². The highest BCUT2D eigenvalue weighted by Gasteiger charge is 2.27. The van der Waals surface area contributed by atoms with Crippen molar-refractivity contribution in [3.05, 3.63) is 11.6 Å². The number of unbranched alkanes of at least 4 members (excludes halogenated alkanes) is 1. The summed E-state index contributed by atoms with van der Waals surface area (Å²) in [5.41, 5.74) is 0.525. The van der Waals surface area contributed by atoms with Crippen LogP contribution < -0.4 is 0 Å². The van der Waals surface area contributed by atoms with E-state index < -0.39 is 0 Å². The van der Waals surface area contributed by atoms with E-state index >= 15 is 0 Å². The lowest BCUT2D eigenvalue weighted by atomic mass is 10.3. The van der Waals surface area contributed by atoms with Gasteiger partial charge in [-0.2, -0.15) is 0 Å². The minimum absolute atomic E-state index is 0.168. The molecule has 0 saturated carbocycles. The Kier molecular flexibility index (Phi) is 5.19. The van der Waals surface area contributed by atoms with E-state index in [2.05, 4.69) is 6.92 Å². The Bertz CT molecular complexity index is 297. The Morgan fingerprint density at radius 2 is 1.94 bits per heavy atom. The summed E-state index contributed by atoms with van der Waals surface area (Å²) in [6, 6.07) is 0. The largest absolute Gasteiger partial charge is 0.381 e. The van der Waals surface area contributed by atoms with Crippen LogP contribution in [-0.2, 0) is 14.3 Å². The van der Waals surface area contributed by atoms with Gasteiger partial charge in [-0.1, -0.05) is 13.3 Å². The first-order chi connectivity index (χ1) is 7.66. The van der Waals surface area contributed by atoms with E-state index in [1.807, 2.05) is 0 Å². The lowest BCUT2D eigenvalue weighted by Crippen LogP contribution is -2.32. The van der Waals surface area contributed by atoms with Crippen LogP contribution in [0.25, 0.3) is 0 Å². The van der Waals surface area contributed by atoms with E-state index in [-0.39, 0.29) is 11.8 Å². The van der Waals surface area contributed by atoms with Gasteiger partial charge in [0.1, 0.15) is 0 Å². The average Bonchev–Trinajstić information content (AvgIpc) is 2.49. The molecule has 16 heavy (non-hydrogen) atoms. The summed E-state index contributed by atoms with van der Waals surface area (Å²) in [6.07, 6.45) is 4.27. The van der Waals surface area contributed by atoms with Gasteiger partial charge in [0, 0.05) is 31.4 Å². The predicted molar refractivity (Wildman–Crippen MR) is 60.8 cm³/mol. The molecule has 0 saturated heterocycles. The fourth-order valence-corrected chi connectivity index (χ4v) is 1.52. The molecule has 0 fully saturated rings. The first kappa shape index (κ1) is 12.9. The van der Waals surface area contributed by atoms with E-state index in [4.69, 9.17) is 4.74 Å². The summed E-state index contributed by atoms with van der Waals surface area (Å²) >= 11 is 0. The summed E-state index contributed by atoms with van der Waals surface area (Å²) in [4.78, 5) is 24.1. The van der Waals surface area contributed by atoms with E-state index in [1.54, 1.807) is 6.92 Å². The second kappa shape index (κ2) is 6.43. The number of carbonyl (C=O) groups excluding carboxylic acids is 2. The number of ether oxygens (including phenoxy) is 1. The maximum absolute atomic E-state index is 11.5. The third-order valence-corrected chi connectivity index (χ3v) is 2.50. The van der Waals surface area contributed by atoms with E-state index in [0.29, 0.717) is 25.1 Å². The van der Waals surface area contributed by atoms with Gasteiger partial charge in [0.05, 0.1) is 0 Å². The van der Waals surface area contributed by atoms with Gasteiger partial charge in [0.25, 0.3) is 11.8 Å². The zero-order valence-electron chi connectivity index (χ0n) is 9.99. The third kappa shape index (κ3) is 3.45. The zero-order valence-corrected chi connectivity index (χ0v) is 9.99. The Morgan fingerprint density at radius 1 is 1.25 bits per heavy atom. The van der Waals surface area contributed by atoms with Crippen molar-refractivity contribution in [3.8, 4) is 0 Å². The highest BCUT2D eigenvalue weighted by atomic mass is 16.5. The van der Waals surface area contributed by atoms with Gasteiger partial charge >= 0.3 is 0 Å². The van der Waals surface area contributed by atoms with Gasteiger partial charge in [-0.05, 0) is 19.8 Å². The first-order valence-electron chi connectivity index (χ1n) is 5.78. The highest BCUT2D eigenvalue weighted by molar-refractivity contribution is 6.15. The molecule has 4 nitrogen and oxygen atoms in total. The van der Waals surface area contributed by atoms with Gasteiger partial charge in [0.2, 0.25) is 0 Å². The minimum atomic E-state index is -0.198. The predicted octanol–water partition coefficient (Wildman–Crippen LogP) is 1.51. The van der Waals surface area contributed by atoms with Crippen molar-refractivity contribution in [3.63, 3.8) is 0 Å². The van der Waals surface area contributed by atoms with Crippen molar-refractivity contribution in [2.75, 3.05) is 19.8 Å². The molecule has 0 aromatic heterocycles. The molecule has 0 unspecified atom stereocenters. The number of imide groups is 1. The molecule has 0 spiro atoms. The van der Waals surface area contributed by atoms with Crippen molar-refractivity contribution in [1.82, 2.24) is 4.90 Å². The molecule has 1 aliphatic heterocycles. The van der Waals surface area contributed by atoms with Crippen molar-refractivity contribution >= 4 is 11.8 Å². The van der Waals surface area contributed by atoms with Crippen LogP contribution >= 0.6 is 0 Å². The van der Waals surface area contributed by atoms with Crippen LogP contribution in [0, 0.1) is 0 Å². The maximum Gasteiger partial charge on any atom is 0.256 e. The number of carbonyl (C=O) groups is 2. The zero-order chi connectivity index (χ0) is 12.0. The molecule has 2 amide bonds. The molecule has 90 valence electrons. The van der Waals surface area contributed by atoms with Crippen LogP contribution in [0.5, 0.6) is 0 Å². The van der Waals surface area contributed by atoms with E-state index in [9.17, 15) is 9.59 Å². The normalized spacial score (nSPS) is 15.9. The average molecular weight is 225 g/mol. The molecule has 0 aromatic carbocycles. The van der Waals surface area contributed by atoms with E-state index in [1.165, 1.54) is 11.0 Å². The number of nitrogens with zero attached hydrogens (tertiary/aromatic N) is 1. The molecule has 1 heterocycles. The molecule has 0 radical (unpaired) electrons. The smallest absolute Gasteiger partial charge is 0.256 e. The lowest BCUT2D eigenvalue weighted by molar-refractivity contribution is -0.137. The molecule has 0 aromatic rings. The molecule has 0 N–H and O–H groups in total. The fraction of sp³-hybridized carbons (Fsp3) is 0.667. The summed E-state index contributed by atoms with van der Waals surface area (Å²) in [5, 5.41) is 0. The van der Waals surface area contributed by atoms with Gasteiger partial charge < -0.3 is 4.74 Å². The number of hydrogen-bond acceptors (Lipinski definition) is 3. The van der Waals surface area contributed by atoms with Crippen LogP contribution in [0.2, 0.25) is 0 Å². The quantitative estimate of drug-likeness (QED) is 0.487.